The second-order valence-electron chi connectivity index (χ2n) is 39.3. The number of pyridine rings is 6. The van der Waals surface area contributed by atoms with Crippen molar-refractivity contribution in [2.24, 2.45) is 0 Å². The van der Waals surface area contributed by atoms with Crippen molar-refractivity contribution in [2.45, 2.75) is 163 Å². The molecule has 20 rings (SSSR count). The molecule has 0 spiro atoms. The Labute approximate surface area is 877 Å². The summed E-state index contributed by atoms with van der Waals surface area (Å²) in [5, 5.41) is 70.4. The number of methoxy groups -OCH3 is 1. The summed E-state index contributed by atoms with van der Waals surface area (Å²) >= 11 is 0. The molecule has 0 unspecified atom stereocenters. The van der Waals surface area contributed by atoms with E-state index in [1.165, 1.54) is 81.6 Å². The van der Waals surface area contributed by atoms with E-state index in [9.17, 15) is 59.4 Å². The predicted molar refractivity (Wildman–Crippen MR) is 590 cm³/mol. The first-order valence-corrected chi connectivity index (χ1v) is 52.8. The molecule has 6 fully saturated rings. The van der Waals surface area contributed by atoms with Crippen LogP contribution in [0, 0.1) is 6.92 Å². The second kappa shape index (κ2) is 56.6. The van der Waals surface area contributed by atoms with Crippen LogP contribution in [0.5, 0.6) is 40.2 Å². The van der Waals surface area contributed by atoms with Crippen molar-refractivity contribution in [1.29, 1.82) is 0 Å². The van der Waals surface area contributed by atoms with Crippen LogP contribution in [0.15, 0.2) is 321 Å². The van der Waals surface area contributed by atoms with Gasteiger partial charge in [-0.05, 0) is 179 Å². The van der Waals surface area contributed by atoms with Gasteiger partial charge in [0.05, 0.1) is 71.0 Å². The van der Waals surface area contributed by atoms with Gasteiger partial charge in [-0.15, -0.1) is 5.10 Å². The van der Waals surface area contributed by atoms with Gasteiger partial charge < -0.3 is 77.3 Å². The minimum absolute atomic E-state index is 0.101. The number of anilines is 2. The van der Waals surface area contributed by atoms with Gasteiger partial charge in [0.2, 0.25) is 0 Å². The molecule has 7 aromatic carbocycles. The standard InChI is InChI=1S/C24H27N3O3.C22H25N5O2.C20H26N2O2.C19H24N2O2.C18H22N2O2.C17H20N2O3/c1-30-22-10-6-5-9-21(22)26-15-13-25(14-16-26)18-20-11-12-27(24(29)23(20)28)17-19-7-3-2-4-8-19;1-17-7-8-20(24-23-17)26-13-11-25(12-14-26)16-19-9-10-27(22(29)21(19)28)15-18-5-3-2-4-6-18;23-19-18(16-21-12-7-2-1-3-8-13-21)11-14-22(20(19)24)15-17-9-5-4-6-10-17;22-18-17(15-20-11-6-1-2-7-12-20)10-13-21(19(18)23)14-16-8-4-3-5-9-16;21-17-16(14-19-10-5-2-6-11-19)9-12-20(18(17)22)13-15-7-3-1-4-8-15;20-16-15(13-18-8-10-22-11-9-18)6-7-19(17(16)21)12-14-4-2-1-3-5-14/h2-12,28H,13-18H2,1H3;2-10,28H,11-16H2,1H3;4-6,9-11,14,23H,1-3,7-8,12-13,15-16H2;3-5,8-10,13,22H,1-2,6-7,11-12,14-15H2;1,3-4,7-9,12,21H,2,5-6,10-11,13-14H2;1-7,20H,8-13H2. The van der Waals surface area contributed by atoms with Crippen LogP contribution < -0.4 is 47.9 Å². The molecule has 30 nitrogen and oxygen atoms in total. The SMILES string of the molecule is COc1ccccc1N1CCN(Cc2ccn(Cc3ccccc3)c(=O)c2O)CC1.Cc1ccc(N2CCN(Cc3ccn(Cc4ccccc4)c(=O)c3O)CC2)nn1.O=c1c(O)c(CN2CCCCC2)ccn1Cc1ccccc1.O=c1c(O)c(CN2CCCCCC2)ccn1Cc1ccccc1.O=c1c(O)c(CN2CCCCCCC2)ccn1Cc1ccccc1.O=c1c(O)c(CN2CCOCC2)ccn1Cc1ccccc1. The fourth-order valence-corrected chi connectivity index (χ4v) is 19.6. The molecule has 150 heavy (non-hydrogen) atoms. The summed E-state index contributed by atoms with van der Waals surface area (Å²) in [4.78, 5) is 92.9. The van der Waals surface area contributed by atoms with Crippen molar-refractivity contribution in [3.8, 4) is 40.2 Å². The van der Waals surface area contributed by atoms with E-state index in [0.717, 1.165) is 178 Å². The Morgan fingerprint density at radius 2 is 0.467 bits per heavy atom. The van der Waals surface area contributed by atoms with Crippen LogP contribution in [0.3, 0.4) is 0 Å². The normalized spacial score (nSPS) is 15.6. The summed E-state index contributed by atoms with van der Waals surface area (Å²) in [6.45, 7) is 24.5. The van der Waals surface area contributed by atoms with E-state index in [0.29, 0.717) is 108 Å². The van der Waals surface area contributed by atoms with E-state index in [1.807, 2.05) is 256 Å². The van der Waals surface area contributed by atoms with Crippen LogP contribution in [0.25, 0.3) is 0 Å². The topological polar surface area (TPSA) is 324 Å². The summed E-state index contributed by atoms with van der Waals surface area (Å²) in [7, 11) is 1.69. The zero-order valence-corrected chi connectivity index (χ0v) is 86.5. The van der Waals surface area contributed by atoms with E-state index in [2.05, 4.69) is 55.5 Å². The quantitative estimate of drug-likeness (QED) is 0.0278. The smallest absolute Gasteiger partial charge is 0.293 e. The van der Waals surface area contributed by atoms with E-state index in [-0.39, 0.29) is 67.9 Å². The molecular weight excluding hydrogens is 1890 g/mol. The number of morpholine rings is 1. The second-order valence-corrected chi connectivity index (χ2v) is 39.3. The number of ether oxygens (including phenoxy) is 2. The first kappa shape index (κ1) is 109. The van der Waals surface area contributed by atoms with E-state index >= 15 is 0 Å². The van der Waals surface area contributed by atoms with Gasteiger partial charge in [0.25, 0.3) is 33.4 Å². The van der Waals surface area contributed by atoms with Crippen molar-refractivity contribution >= 4 is 11.5 Å². The number of rotatable bonds is 27. The lowest BCUT2D eigenvalue weighted by Gasteiger charge is -2.36. The maximum Gasteiger partial charge on any atom is 0.293 e. The fourth-order valence-electron chi connectivity index (χ4n) is 19.6. The first-order chi connectivity index (χ1) is 73.2. The van der Waals surface area contributed by atoms with Crippen LogP contribution in [0.1, 0.15) is 150 Å². The van der Waals surface area contributed by atoms with Crippen molar-refractivity contribution in [1.82, 2.24) is 67.0 Å². The number of aryl methyl sites for hydroxylation is 1. The van der Waals surface area contributed by atoms with Gasteiger partial charge >= 0.3 is 0 Å². The summed E-state index contributed by atoms with van der Waals surface area (Å²) < 4.78 is 20.1. The average Bonchev–Trinajstić information content (AvgIpc) is 1.40. The summed E-state index contributed by atoms with van der Waals surface area (Å²) in [5.74, 6) is 1.00. The maximum atomic E-state index is 12.6. The Bertz CT molecular complexity index is 6800. The predicted octanol–water partition coefficient (Wildman–Crippen LogP) is 15.3. The van der Waals surface area contributed by atoms with Crippen molar-refractivity contribution in [3.05, 3.63) is 427 Å². The molecule has 788 valence electrons. The van der Waals surface area contributed by atoms with Crippen LogP contribution >= 0.6 is 0 Å². The Morgan fingerprint density at radius 1 is 0.240 bits per heavy atom. The largest absolute Gasteiger partial charge is 0.503 e. The number of likely N-dealkylation sites (tertiary alicyclic amines) is 3. The lowest BCUT2D eigenvalue weighted by atomic mass is 10.1. The zero-order valence-electron chi connectivity index (χ0n) is 86.5. The number of aromatic nitrogens is 8. The number of nitrogens with zero attached hydrogens (tertiary/aromatic N) is 16. The molecule has 6 N–H and O–H groups in total. The highest BCUT2D eigenvalue weighted by atomic mass is 16.5. The molecule has 0 aliphatic carbocycles. The minimum atomic E-state index is -0.347. The number of aromatic hydroxyl groups is 6. The van der Waals surface area contributed by atoms with Crippen molar-refractivity contribution in [3.63, 3.8) is 0 Å². The Hall–Kier alpha value is -14.8. The molecule has 14 aromatic rings. The molecule has 0 radical (unpaired) electrons. The van der Waals surface area contributed by atoms with E-state index < -0.39 is 0 Å². The molecule has 0 atom stereocenters. The van der Waals surface area contributed by atoms with Gasteiger partial charge in [0.1, 0.15) is 5.75 Å². The van der Waals surface area contributed by atoms with E-state index in [4.69, 9.17) is 9.47 Å². The van der Waals surface area contributed by atoms with Crippen LogP contribution in [0.4, 0.5) is 11.5 Å². The molecule has 6 saturated heterocycles. The monoisotopic (exact) mass is 2030 g/mol. The third kappa shape index (κ3) is 32.1. The number of hydrogen-bond donors (Lipinski definition) is 6. The number of para-hydroxylation sites is 2. The first-order valence-electron chi connectivity index (χ1n) is 52.8. The third-order valence-electron chi connectivity index (χ3n) is 28.4. The highest BCUT2D eigenvalue weighted by Gasteiger charge is 2.27. The van der Waals surface area contributed by atoms with Gasteiger partial charge in [-0.3, -0.25) is 58.2 Å². The van der Waals surface area contributed by atoms with Gasteiger partial charge in [-0.25, -0.2) is 0 Å². The van der Waals surface area contributed by atoms with E-state index in [1.54, 1.807) is 67.1 Å². The van der Waals surface area contributed by atoms with Gasteiger partial charge in [-0.1, -0.05) is 233 Å². The lowest BCUT2D eigenvalue weighted by molar-refractivity contribution is 0.0338. The average molecular weight is 2030 g/mol. The Kier molecular flexibility index (Phi) is 41.3. The minimum Gasteiger partial charge on any atom is -0.503 e. The maximum absolute atomic E-state index is 12.6. The molecular formula is C120H144N16O14. The third-order valence-corrected chi connectivity index (χ3v) is 28.4. The molecule has 6 aliphatic heterocycles. The highest BCUT2D eigenvalue weighted by molar-refractivity contribution is 5.59. The van der Waals surface area contributed by atoms with Crippen LogP contribution in [0.2, 0.25) is 0 Å². The van der Waals surface area contributed by atoms with Crippen LogP contribution in [-0.2, 0) is 83.3 Å². The zero-order chi connectivity index (χ0) is 105. The van der Waals surface area contributed by atoms with Gasteiger partial charge in [0, 0.05) is 175 Å². The van der Waals surface area contributed by atoms with Crippen molar-refractivity contribution < 1.29 is 40.1 Å². The molecule has 13 heterocycles. The molecule has 0 saturated carbocycles. The molecule has 0 amide bonds. The number of benzene rings is 7. The molecule has 30 heteroatoms. The number of piperazine rings is 2. The Morgan fingerprint density at radius 3 is 0.720 bits per heavy atom. The molecule has 6 aliphatic rings. The molecule has 0 bridgehead atoms. The fraction of sp³-hybridized carbons (Fsp3) is 0.367. The molecule has 7 aromatic heterocycles. The van der Waals surface area contributed by atoms with Gasteiger partial charge in [-0.2, -0.15) is 5.10 Å². The summed E-state index contributed by atoms with van der Waals surface area (Å²) in [6, 6.07) is 81.9. The lowest BCUT2D eigenvalue weighted by Crippen LogP contribution is -2.46. The number of piperidine rings is 1. The Balaban J connectivity index is 0.000000135. The highest BCUT2D eigenvalue weighted by Crippen LogP contribution is 2.31. The van der Waals surface area contributed by atoms with Gasteiger partial charge in [0.15, 0.2) is 40.3 Å². The van der Waals surface area contributed by atoms with Crippen LogP contribution in [-0.4, -0.2) is 223 Å². The number of hydrogen-bond acceptors (Lipinski definition) is 24. The summed E-state index contributed by atoms with van der Waals surface area (Å²) in [5.41, 5.74) is 10.5. The van der Waals surface area contributed by atoms with Crippen molar-refractivity contribution in [2.75, 3.05) is 135 Å². The summed E-state index contributed by atoms with van der Waals surface area (Å²) in [6.07, 6.45) is 25.6.